The first-order chi connectivity index (χ1) is 10.1. The molecule has 0 bridgehead atoms. The Bertz CT molecular complexity index is 672. The summed E-state index contributed by atoms with van der Waals surface area (Å²) < 4.78 is 18.6. The van der Waals surface area contributed by atoms with Crippen LogP contribution in [0, 0.1) is 5.82 Å². The van der Waals surface area contributed by atoms with E-state index in [0.29, 0.717) is 5.75 Å². The van der Waals surface area contributed by atoms with E-state index < -0.39 is 0 Å². The van der Waals surface area contributed by atoms with Crippen molar-refractivity contribution in [1.29, 1.82) is 0 Å². The second kappa shape index (κ2) is 5.28. The van der Waals surface area contributed by atoms with Gasteiger partial charge in [-0.05, 0) is 43.2 Å². The summed E-state index contributed by atoms with van der Waals surface area (Å²) in [6.45, 7) is 2.84. The number of hydrogen-bond donors (Lipinski definition) is 1. The van der Waals surface area contributed by atoms with Crippen LogP contribution in [0.1, 0.15) is 24.1 Å². The molecule has 1 heterocycles. The molecule has 1 aliphatic rings. The summed E-state index contributed by atoms with van der Waals surface area (Å²) in [5, 5.41) is 10.2. The summed E-state index contributed by atoms with van der Waals surface area (Å²) in [6.07, 6.45) is 0.900. The highest BCUT2D eigenvalue weighted by Crippen LogP contribution is 2.38. The summed E-state index contributed by atoms with van der Waals surface area (Å²) in [7, 11) is 1.57. The van der Waals surface area contributed by atoms with Crippen molar-refractivity contribution in [2.24, 2.45) is 0 Å². The van der Waals surface area contributed by atoms with E-state index in [1.165, 1.54) is 6.07 Å². The molecule has 0 amide bonds. The van der Waals surface area contributed by atoms with Crippen molar-refractivity contribution in [3.63, 3.8) is 0 Å². The number of hydrogen-bond acceptors (Lipinski definition) is 3. The van der Waals surface area contributed by atoms with Crippen molar-refractivity contribution in [3.05, 3.63) is 53.3 Å². The lowest BCUT2D eigenvalue weighted by Gasteiger charge is -2.28. The average Bonchev–Trinajstić information content (AvgIpc) is 2.89. The van der Waals surface area contributed by atoms with Crippen LogP contribution in [-0.4, -0.2) is 18.8 Å². The van der Waals surface area contributed by atoms with Crippen LogP contribution < -0.4 is 9.64 Å². The maximum Gasteiger partial charge on any atom is 0.125 e. The van der Waals surface area contributed by atoms with Crippen molar-refractivity contribution in [1.82, 2.24) is 0 Å². The smallest absolute Gasteiger partial charge is 0.125 e. The Morgan fingerprint density at radius 3 is 2.76 bits per heavy atom. The van der Waals surface area contributed by atoms with Gasteiger partial charge in [0.2, 0.25) is 0 Å². The SMILES string of the molecule is COc1ccc(C(C)N2CCc3ccc(F)cc32)c(O)c1. The van der Waals surface area contributed by atoms with E-state index in [2.05, 4.69) is 4.90 Å². The lowest BCUT2D eigenvalue weighted by Crippen LogP contribution is -2.24. The van der Waals surface area contributed by atoms with E-state index in [-0.39, 0.29) is 17.6 Å². The normalized spacial score (nSPS) is 14.9. The number of methoxy groups -OCH3 is 1. The minimum atomic E-state index is -0.230. The van der Waals surface area contributed by atoms with Crippen molar-refractivity contribution in [2.75, 3.05) is 18.6 Å². The molecule has 2 aromatic carbocycles. The highest BCUT2D eigenvalue weighted by molar-refractivity contribution is 5.60. The van der Waals surface area contributed by atoms with Crippen LogP contribution >= 0.6 is 0 Å². The Balaban J connectivity index is 1.94. The first kappa shape index (κ1) is 13.7. The number of ether oxygens (including phenoxy) is 1. The second-order valence-electron chi connectivity index (χ2n) is 5.32. The summed E-state index contributed by atoms with van der Waals surface area (Å²) in [6, 6.07) is 10.2. The van der Waals surface area contributed by atoms with Gasteiger partial charge < -0.3 is 14.7 Å². The Hall–Kier alpha value is -2.23. The predicted molar refractivity (Wildman–Crippen MR) is 80.5 cm³/mol. The van der Waals surface area contributed by atoms with Gasteiger partial charge in [-0.25, -0.2) is 4.39 Å². The maximum absolute atomic E-state index is 13.5. The van der Waals surface area contributed by atoms with Crippen LogP contribution in [0.25, 0.3) is 0 Å². The zero-order chi connectivity index (χ0) is 15.0. The molecule has 3 nitrogen and oxygen atoms in total. The van der Waals surface area contributed by atoms with Crippen LogP contribution in [0.2, 0.25) is 0 Å². The molecule has 2 aromatic rings. The predicted octanol–water partition coefficient (Wildman–Crippen LogP) is 3.66. The molecule has 1 atom stereocenters. The summed E-state index contributed by atoms with van der Waals surface area (Å²) >= 11 is 0. The maximum atomic E-state index is 13.5. The molecular weight excluding hydrogens is 269 g/mol. The Labute approximate surface area is 123 Å². The molecule has 0 aromatic heterocycles. The fraction of sp³-hybridized carbons (Fsp3) is 0.294. The third-order valence-corrected chi connectivity index (χ3v) is 4.13. The Morgan fingerprint density at radius 1 is 1.24 bits per heavy atom. The zero-order valence-electron chi connectivity index (χ0n) is 12.1. The van der Waals surface area contributed by atoms with Crippen LogP contribution in [0.5, 0.6) is 11.5 Å². The number of benzene rings is 2. The third-order valence-electron chi connectivity index (χ3n) is 4.13. The van der Waals surface area contributed by atoms with Crippen LogP contribution in [0.15, 0.2) is 36.4 Å². The van der Waals surface area contributed by atoms with Crippen LogP contribution in [0.4, 0.5) is 10.1 Å². The van der Waals surface area contributed by atoms with Gasteiger partial charge in [-0.1, -0.05) is 6.07 Å². The summed E-state index contributed by atoms with van der Waals surface area (Å²) in [4.78, 5) is 2.12. The van der Waals surface area contributed by atoms with E-state index in [1.807, 2.05) is 25.1 Å². The van der Waals surface area contributed by atoms with Crippen LogP contribution in [-0.2, 0) is 6.42 Å². The number of phenols is 1. The van der Waals surface area contributed by atoms with E-state index in [9.17, 15) is 9.50 Å². The number of halogens is 1. The van der Waals surface area contributed by atoms with Crippen molar-refractivity contribution in [3.8, 4) is 11.5 Å². The molecule has 0 spiro atoms. The number of phenolic OH excluding ortho intramolecular Hbond substituents is 1. The van der Waals surface area contributed by atoms with Gasteiger partial charge in [0.25, 0.3) is 0 Å². The van der Waals surface area contributed by atoms with E-state index >= 15 is 0 Å². The summed E-state index contributed by atoms with van der Waals surface area (Å²) in [5.74, 6) is 0.592. The summed E-state index contributed by atoms with van der Waals surface area (Å²) in [5.41, 5.74) is 2.88. The molecule has 1 N–H and O–H groups in total. The molecule has 1 aliphatic heterocycles. The van der Waals surface area contributed by atoms with Crippen LogP contribution in [0.3, 0.4) is 0 Å². The number of nitrogens with zero attached hydrogens (tertiary/aromatic N) is 1. The van der Waals surface area contributed by atoms with Crippen molar-refractivity contribution < 1.29 is 14.2 Å². The number of rotatable bonds is 3. The molecule has 0 radical (unpaired) electrons. The van der Waals surface area contributed by atoms with E-state index in [0.717, 1.165) is 29.8 Å². The van der Waals surface area contributed by atoms with Gasteiger partial charge in [-0.2, -0.15) is 0 Å². The number of anilines is 1. The fourth-order valence-corrected chi connectivity index (χ4v) is 2.95. The van der Waals surface area contributed by atoms with E-state index in [4.69, 9.17) is 4.74 Å². The monoisotopic (exact) mass is 287 g/mol. The largest absolute Gasteiger partial charge is 0.507 e. The molecule has 4 heteroatoms. The lowest BCUT2D eigenvalue weighted by atomic mass is 10.1. The average molecular weight is 287 g/mol. The lowest BCUT2D eigenvalue weighted by molar-refractivity contribution is 0.405. The van der Waals surface area contributed by atoms with Gasteiger partial charge in [-0.15, -0.1) is 0 Å². The fourth-order valence-electron chi connectivity index (χ4n) is 2.95. The van der Waals surface area contributed by atoms with Gasteiger partial charge in [0, 0.05) is 23.9 Å². The molecule has 1 unspecified atom stereocenters. The highest BCUT2D eigenvalue weighted by Gasteiger charge is 2.26. The first-order valence-corrected chi connectivity index (χ1v) is 7.02. The topological polar surface area (TPSA) is 32.7 Å². The number of fused-ring (bicyclic) bond motifs is 1. The molecule has 0 aliphatic carbocycles. The quantitative estimate of drug-likeness (QED) is 0.935. The van der Waals surface area contributed by atoms with Crippen molar-refractivity contribution in [2.45, 2.75) is 19.4 Å². The Morgan fingerprint density at radius 2 is 2.05 bits per heavy atom. The van der Waals surface area contributed by atoms with Gasteiger partial charge >= 0.3 is 0 Å². The minimum absolute atomic E-state index is 0.0287. The molecule has 0 fully saturated rings. The zero-order valence-corrected chi connectivity index (χ0v) is 12.1. The molecule has 110 valence electrons. The van der Waals surface area contributed by atoms with Gasteiger partial charge in [0.15, 0.2) is 0 Å². The molecule has 3 rings (SSSR count). The minimum Gasteiger partial charge on any atom is -0.507 e. The second-order valence-corrected chi connectivity index (χ2v) is 5.32. The first-order valence-electron chi connectivity index (χ1n) is 7.02. The Kier molecular flexibility index (Phi) is 3.45. The molecular formula is C17H18FNO2. The highest BCUT2D eigenvalue weighted by atomic mass is 19.1. The third kappa shape index (κ3) is 2.42. The van der Waals surface area contributed by atoms with Gasteiger partial charge in [-0.3, -0.25) is 0 Å². The van der Waals surface area contributed by atoms with Gasteiger partial charge in [0.1, 0.15) is 17.3 Å². The number of aromatic hydroxyl groups is 1. The molecule has 0 saturated carbocycles. The molecule has 21 heavy (non-hydrogen) atoms. The molecule has 0 saturated heterocycles. The van der Waals surface area contributed by atoms with Crippen molar-refractivity contribution >= 4 is 5.69 Å². The van der Waals surface area contributed by atoms with Gasteiger partial charge in [0.05, 0.1) is 13.2 Å². The van der Waals surface area contributed by atoms with E-state index in [1.54, 1.807) is 19.2 Å². The standard InChI is InChI=1S/C17H18FNO2/c1-11(15-6-5-14(21-2)10-17(15)20)19-8-7-12-3-4-13(18)9-16(12)19/h3-6,9-11,20H,7-8H2,1-2H3.